The highest BCUT2D eigenvalue weighted by atomic mass is 14.8. The van der Waals surface area contributed by atoms with Crippen molar-refractivity contribution in [1.82, 2.24) is 10.3 Å². The SMILES string of the molecule is CNCCc1ccnc2ccccc12. The third-order valence-corrected chi connectivity index (χ3v) is 2.38. The summed E-state index contributed by atoms with van der Waals surface area (Å²) >= 11 is 0. The molecular formula is C12H14N2. The monoisotopic (exact) mass is 186 g/mol. The van der Waals surface area contributed by atoms with E-state index in [1.165, 1.54) is 10.9 Å². The molecule has 0 aliphatic heterocycles. The molecule has 0 saturated heterocycles. The zero-order chi connectivity index (χ0) is 9.80. The van der Waals surface area contributed by atoms with Crippen LogP contribution in [-0.2, 0) is 6.42 Å². The van der Waals surface area contributed by atoms with E-state index in [0.29, 0.717) is 0 Å². The number of pyridine rings is 1. The fraction of sp³-hybridized carbons (Fsp3) is 0.250. The number of nitrogens with one attached hydrogen (secondary N) is 1. The molecule has 2 rings (SSSR count). The average Bonchev–Trinajstić information content (AvgIpc) is 2.26. The molecule has 0 bridgehead atoms. The fourth-order valence-electron chi connectivity index (χ4n) is 1.63. The first-order valence-electron chi connectivity index (χ1n) is 4.89. The highest BCUT2D eigenvalue weighted by Gasteiger charge is 1.99. The highest BCUT2D eigenvalue weighted by Crippen LogP contribution is 2.15. The number of para-hydroxylation sites is 1. The molecule has 1 N–H and O–H groups in total. The zero-order valence-electron chi connectivity index (χ0n) is 8.33. The summed E-state index contributed by atoms with van der Waals surface area (Å²) in [6.45, 7) is 1.01. The van der Waals surface area contributed by atoms with E-state index in [9.17, 15) is 0 Å². The molecule has 2 heteroatoms. The van der Waals surface area contributed by atoms with Gasteiger partial charge in [0.25, 0.3) is 0 Å². The largest absolute Gasteiger partial charge is 0.319 e. The van der Waals surface area contributed by atoms with E-state index < -0.39 is 0 Å². The summed E-state index contributed by atoms with van der Waals surface area (Å²) in [5, 5.41) is 4.43. The first kappa shape index (κ1) is 9.16. The number of nitrogens with zero attached hydrogens (tertiary/aromatic N) is 1. The molecule has 1 aromatic heterocycles. The Labute approximate surface area is 84.0 Å². The Morgan fingerprint density at radius 3 is 2.93 bits per heavy atom. The van der Waals surface area contributed by atoms with Gasteiger partial charge in [0.1, 0.15) is 0 Å². The summed E-state index contributed by atoms with van der Waals surface area (Å²) in [5.74, 6) is 0. The van der Waals surface area contributed by atoms with Crippen LogP contribution in [0.3, 0.4) is 0 Å². The van der Waals surface area contributed by atoms with E-state index in [2.05, 4.69) is 34.6 Å². The lowest BCUT2D eigenvalue weighted by Crippen LogP contribution is -2.10. The van der Waals surface area contributed by atoms with Crippen molar-refractivity contribution in [3.63, 3.8) is 0 Å². The van der Waals surface area contributed by atoms with Gasteiger partial charge in [-0.3, -0.25) is 4.98 Å². The summed E-state index contributed by atoms with van der Waals surface area (Å²) < 4.78 is 0. The van der Waals surface area contributed by atoms with Gasteiger partial charge >= 0.3 is 0 Å². The van der Waals surface area contributed by atoms with Gasteiger partial charge in [-0.05, 0) is 37.7 Å². The quantitative estimate of drug-likeness (QED) is 0.793. The van der Waals surface area contributed by atoms with Gasteiger partial charge < -0.3 is 5.32 Å². The van der Waals surface area contributed by atoms with E-state index in [1.54, 1.807) is 0 Å². The lowest BCUT2D eigenvalue weighted by atomic mass is 10.1. The van der Waals surface area contributed by atoms with Gasteiger partial charge in [-0.25, -0.2) is 0 Å². The number of fused-ring (bicyclic) bond motifs is 1. The molecule has 14 heavy (non-hydrogen) atoms. The van der Waals surface area contributed by atoms with Crippen LogP contribution in [-0.4, -0.2) is 18.6 Å². The van der Waals surface area contributed by atoms with E-state index >= 15 is 0 Å². The van der Waals surface area contributed by atoms with Crippen LogP contribution in [0.1, 0.15) is 5.56 Å². The average molecular weight is 186 g/mol. The predicted molar refractivity (Wildman–Crippen MR) is 59.4 cm³/mol. The molecule has 1 heterocycles. The Kier molecular flexibility index (Phi) is 2.75. The third-order valence-electron chi connectivity index (χ3n) is 2.38. The minimum atomic E-state index is 1.01. The topological polar surface area (TPSA) is 24.9 Å². The Morgan fingerprint density at radius 2 is 2.07 bits per heavy atom. The second-order valence-electron chi connectivity index (χ2n) is 3.34. The molecule has 0 amide bonds. The van der Waals surface area contributed by atoms with Crippen molar-refractivity contribution in [2.75, 3.05) is 13.6 Å². The molecule has 2 aromatic rings. The molecule has 0 fully saturated rings. The Balaban J connectivity index is 2.43. The molecule has 0 aliphatic carbocycles. The maximum absolute atomic E-state index is 4.33. The van der Waals surface area contributed by atoms with Crippen LogP contribution in [0.5, 0.6) is 0 Å². The summed E-state index contributed by atoms with van der Waals surface area (Å²) in [6, 6.07) is 10.4. The van der Waals surface area contributed by atoms with Gasteiger partial charge in [0.05, 0.1) is 5.52 Å². The number of aromatic nitrogens is 1. The fourth-order valence-corrected chi connectivity index (χ4v) is 1.63. The smallest absolute Gasteiger partial charge is 0.0704 e. The lowest BCUT2D eigenvalue weighted by Gasteiger charge is -2.04. The maximum atomic E-state index is 4.33. The van der Waals surface area contributed by atoms with Crippen LogP contribution in [0.2, 0.25) is 0 Å². The lowest BCUT2D eigenvalue weighted by molar-refractivity contribution is 0.794. The van der Waals surface area contributed by atoms with Gasteiger partial charge in [-0.2, -0.15) is 0 Å². The molecule has 0 unspecified atom stereocenters. The van der Waals surface area contributed by atoms with Crippen molar-refractivity contribution in [3.05, 3.63) is 42.1 Å². The van der Waals surface area contributed by atoms with Crippen molar-refractivity contribution in [2.45, 2.75) is 6.42 Å². The van der Waals surface area contributed by atoms with Gasteiger partial charge in [0.15, 0.2) is 0 Å². The Hall–Kier alpha value is -1.41. The summed E-state index contributed by atoms with van der Waals surface area (Å²) in [4.78, 5) is 4.33. The van der Waals surface area contributed by atoms with Crippen LogP contribution in [0.4, 0.5) is 0 Å². The molecule has 0 saturated carbocycles. The number of hydrogen-bond acceptors (Lipinski definition) is 2. The molecule has 0 spiro atoms. The number of likely N-dealkylation sites (N-methyl/N-ethyl adjacent to an activating group) is 1. The molecule has 1 aromatic carbocycles. The first-order chi connectivity index (χ1) is 6.92. The molecule has 0 radical (unpaired) electrons. The van der Waals surface area contributed by atoms with Gasteiger partial charge in [0.2, 0.25) is 0 Å². The number of hydrogen-bond donors (Lipinski definition) is 1. The van der Waals surface area contributed by atoms with E-state index in [-0.39, 0.29) is 0 Å². The van der Waals surface area contributed by atoms with Crippen LogP contribution in [0, 0.1) is 0 Å². The van der Waals surface area contributed by atoms with Crippen LogP contribution in [0.25, 0.3) is 10.9 Å². The molecule has 0 aliphatic rings. The van der Waals surface area contributed by atoms with Crippen LogP contribution in [0.15, 0.2) is 36.5 Å². The van der Waals surface area contributed by atoms with Gasteiger partial charge in [-0.15, -0.1) is 0 Å². The van der Waals surface area contributed by atoms with Crippen molar-refractivity contribution in [2.24, 2.45) is 0 Å². The van der Waals surface area contributed by atoms with E-state index in [4.69, 9.17) is 0 Å². The standard InChI is InChI=1S/C12H14N2/c1-13-8-6-10-7-9-14-12-5-3-2-4-11(10)12/h2-5,7,9,13H,6,8H2,1H3. The minimum Gasteiger partial charge on any atom is -0.319 e. The Morgan fingerprint density at radius 1 is 1.21 bits per heavy atom. The first-order valence-corrected chi connectivity index (χ1v) is 4.89. The normalized spacial score (nSPS) is 10.6. The van der Waals surface area contributed by atoms with Gasteiger partial charge in [-0.1, -0.05) is 18.2 Å². The summed E-state index contributed by atoms with van der Waals surface area (Å²) in [7, 11) is 1.98. The van der Waals surface area contributed by atoms with Crippen LogP contribution < -0.4 is 5.32 Å². The zero-order valence-corrected chi connectivity index (χ0v) is 8.33. The molecular weight excluding hydrogens is 172 g/mol. The highest BCUT2D eigenvalue weighted by molar-refractivity contribution is 5.81. The molecule has 72 valence electrons. The summed E-state index contributed by atoms with van der Waals surface area (Å²) in [6.07, 6.45) is 2.94. The van der Waals surface area contributed by atoms with Crippen molar-refractivity contribution >= 4 is 10.9 Å². The maximum Gasteiger partial charge on any atom is 0.0704 e. The van der Waals surface area contributed by atoms with Crippen molar-refractivity contribution < 1.29 is 0 Å². The Bertz CT molecular complexity index is 418. The minimum absolute atomic E-state index is 1.01. The van der Waals surface area contributed by atoms with E-state index in [0.717, 1.165) is 18.5 Å². The summed E-state index contributed by atoms with van der Waals surface area (Å²) in [5.41, 5.74) is 2.45. The number of rotatable bonds is 3. The second kappa shape index (κ2) is 4.20. The van der Waals surface area contributed by atoms with Gasteiger partial charge in [0, 0.05) is 11.6 Å². The number of benzene rings is 1. The predicted octanol–water partition coefficient (Wildman–Crippen LogP) is 2.00. The van der Waals surface area contributed by atoms with Crippen molar-refractivity contribution in [3.8, 4) is 0 Å². The molecule has 0 atom stereocenters. The van der Waals surface area contributed by atoms with E-state index in [1.807, 2.05) is 19.3 Å². The van der Waals surface area contributed by atoms with Crippen molar-refractivity contribution in [1.29, 1.82) is 0 Å². The third kappa shape index (κ3) is 1.75. The van der Waals surface area contributed by atoms with Crippen LogP contribution >= 0.6 is 0 Å². The molecule has 2 nitrogen and oxygen atoms in total. The second-order valence-corrected chi connectivity index (χ2v) is 3.34.